The van der Waals surface area contributed by atoms with Crippen molar-refractivity contribution in [2.45, 2.75) is 20.8 Å². The molecule has 0 atom stereocenters. The van der Waals surface area contributed by atoms with Gasteiger partial charge in [0, 0.05) is 5.56 Å². The van der Waals surface area contributed by atoms with Gasteiger partial charge in [0.25, 0.3) is 5.89 Å². The molecule has 130 valence electrons. The highest BCUT2D eigenvalue weighted by atomic mass is 16.5. The van der Waals surface area contributed by atoms with Crippen molar-refractivity contribution >= 4 is 17.1 Å². The maximum Gasteiger partial charge on any atom is 0.335 e. The Labute approximate surface area is 148 Å². The summed E-state index contributed by atoms with van der Waals surface area (Å²) in [6.45, 7) is 5.63. The molecule has 0 aliphatic heterocycles. The Bertz CT molecular complexity index is 1120. The number of rotatable bonds is 3. The van der Waals surface area contributed by atoms with E-state index in [-0.39, 0.29) is 17.3 Å². The van der Waals surface area contributed by atoms with Gasteiger partial charge in [0.05, 0.1) is 5.56 Å². The first-order chi connectivity index (χ1) is 12.4. The summed E-state index contributed by atoms with van der Waals surface area (Å²) in [4.78, 5) is 19.9. The number of oxazole rings is 1. The molecule has 7 nitrogen and oxygen atoms in total. The fourth-order valence-corrected chi connectivity index (χ4v) is 2.82. The smallest absolute Gasteiger partial charge is 0.335 e. The maximum absolute atomic E-state index is 11.1. The van der Waals surface area contributed by atoms with Gasteiger partial charge >= 0.3 is 11.9 Å². The van der Waals surface area contributed by atoms with Crippen LogP contribution in [0.3, 0.4) is 0 Å². The molecule has 7 heteroatoms. The zero-order valence-corrected chi connectivity index (χ0v) is 14.4. The molecular formula is C19H15N3O4. The predicted octanol–water partition coefficient (Wildman–Crippen LogP) is 4.17. The van der Waals surface area contributed by atoms with Crippen LogP contribution in [0, 0.1) is 20.8 Å². The highest BCUT2D eigenvalue weighted by molar-refractivity contribution is 5.90. The van der Waals surface area contributed by atoms with E-state index in [0.717, 1.165) is 16.6 Å². The number of fused-ring (bicyclic) bond motifs is 1. The number of hydrogen-bond donors (Lipinski definition) is 1. The summed E-state index contributed by atoms with van der Waals surface area (Å²) < 4.78 is 11.1. The Morgan fingerprint density at radius 3 is 2.42 bits per heavy atom. The summed E-state index contributed by atoms with van der Waals surface area (Å²) in [5, 5.41) is 13.1. The van der Waals surface area contributed by atoms with E-state index in [1.54, 1.807) is 19.1 Å². The summed E-state index contributed by atoms with van der Waals surface area (Å²) in [6, 6.07) is 8.83. The molecule has 26 heavy (non-hydrogen) atoms. The fraction of sp³-hybridized carbons (Fsp3) is 0.158. The summed E-state index contributed by atoms with van der Waals surface area (Å²) in [5.74, 6) is -0.194. The van der Waals surface area contributed by atoms with Crippen LogP contribution in [0.4, 0.5) is 0 Å². The first-order valence-corrected chi connectivity index (χ1v) is 7.99. The van der Waals surface area contributed by atoms with E-state index in [1.165, 1.54) is 6.07 Å². The Morgan fingerprint density at radius 1 is 0.962 bits per heavy atom. The summed E-state index contributed by atoms with van der Waals surface area (Å²) in [7, 11) is 0. The van der Waals surface area contributed by atoms with Crippen LogP contribution < -0.4 is 0 Å². The van der Waals surface area contributed by atoms with Crippen LogP contribution in [0.15, 0.2) is 39.3 Å². The molecule has 4 aromatic rings. The molecule has 0 aliphatic carbocycles. The third kappa shape index (κ3) is 2.54. The van der Waals surface area contributed by atoms with Crippen LogP contribution >= 0.6 is 0 Å². The Balaban J connectivity index is 1.75. The van der Waals surface area contributed by atoms with Gasteiger partial charge in [0.15, 0.2) is 5.58 Å². The maximum atomic E-state index is 11.1. The van der Waals surface area contributed by atoms with Gasteiger partial charge < -0.3 is 14.0 Å². The lowest BCUT2D eigenvalue weighted by Crippen LogP contribution is -1.99. The summed E-state index contributed by atoms with van der Waals surface area (Å²) >= 11 is 0. The molecule has 0 fully saturated rings. The van der Waals surface area contributed by atoms with Gasteiger partial charge in [-0.2, -0.15) is 4.98 Å². The minimum atomic E-state index is -0.972. The van der Waals surface area contributed by atoms with E-state index in [0.29, 0.717) is 22.5 Å². The van der Waals surface area contributed by atoms with Crippen molar-refractivity contribution in [2.75, 3.05) is 0 Å². The number of hydrogen-bond acceptors (Lipinski definition) is 6. The van der Waals surface area contributed by atoms with E-state index in [2.05, 4.69) is 15.1 Å². The molecule has 0 saturated heterocycles. The highest BCUT2D eigenvalue weighted by Crippen LogP contribution is 2.29. The van der Waals surface area contributed by atoms with E-state index >= 15 is 0 Å². The van der Waals surface area contributed by atoms with Crippen molar-refractivity contribution in [1.82, 2.24) is 15.1 Å². The van der Waals surface area contributed by atoms with Crippen LogP contribution in [-0.2, 0) is 0 Å². The molecular weight excluding hydrogens is 334 g/mol. The lowest BCUT2D eigenvalue weighted by Gasteiger charge is -2.01. The number of carbonyl (C=O) groups is 1. The molecule has 0 radical (unpaired) electrons. The van der Waals surface area contributed by atoms with Gasteiger partial charge in [-0.3, -0.25) is 0 Å². The number of aromatic carboxylic acids is 1. The summed E-state index contributed by atoms with van der Waals surface area (Å²) in [5.41, 5.74) is 4.95. The van der Waals surface area contributed by atoms with E-state index in [9.17, 15) is 4.79 Å². The second-order valence-corrected chi connectivity index (χ2v) is 6.15. The van der Waals surface area contributed by atoms with Gasteiger partial charge in [-0.05, 0) is 49.6 Å². The van der Waals surface area contributed by atoms with Crippen molar-refractivity contribution in [3.8, 4) is 23.2 Å². The van der Waals surface area contributed by atoms with Crippen LogP contribution in [-0.4, -0.2) is 26.2 Å². The number of carboxylic acids is 1. The largest absolute Gasteiger partial charge is 0.478 e. The Kier molecular flexibility index (Phi) is 3.57. The Hall–Kier alpha value is -3.48. The van der Waals surface area contributed by atoms with Crippen molar-refractivity contribution < 1.29 is 18.8 Å². The standard InChI is InChI=1S/C19H15N3O4/c1-9-4-5-10(2)15-14(9)20-17(25-15)18-21-16(22-26-18)12-6-7-13(19(23)24)11(3)8-12/h4-8H,1-3H3,(H,23,24). The van der Waals surface area contributed by atoms with E-state index in [1.807, 2.05) is 26.0 Å². The molecule has 0 bridgehead atoms. The predicted molar refractivity (Wildman–Crippen MR) is 93.9 cm³/mol. The first-order valence-electron chi connectivity index (χ1n) is 7.99. The minimum Gasteiger partial charge on any atom is -0.478 e. The second kappa shape index (κ2) is 5.80. The monoisotopic (exact) mass is 349 g/mol. The van der Waals surface area contributed by atoms with Gasteiger partial charge in [0.2, 0.25) is 5.82 Å². The molecule has 0 unspecified atom stereocenters. The molecule has 1 N–H and O–H groups in total. The first kappa shape index (κ1) is 16.0. The number of benzene rings is 2. The van der Waals surface area contributed by atoms with Gasteiger partial charge in [-0.25, -0.2) is 9.78 Å². The zero-order valence-electron chi connectivity index (χ0n) is 14.4. The highest BCUT2D eigenvalue weighted by Gasteiger charge is 2.19. The third-order valence-electron chi connectivity index (χ3n) is 4.27. The summed E-state index contributed by atoms with van der Waals surface area (Å²) in [6.07, 6.45) is 0. The van der Waals surface area contributed by atoms with Crippen molar-refractivity contribution in [1.29, 1.82) is 0 Å². The molecule has 0 spiro atoms. The van der Waals surface area contributed by atoms with Gasteiger partial charge in [0.1, 0.15) is 5.52 Å². The third-order valence-corrected chi connectivity index (χ3v) is 4.27. The molecule has 4 rings (SSSR count). The van der Waals surface area contributed by atoms with Gasteiger partial charge in [-0.15, -0.1) is 0 Å². The van der Waals surface area contributed by atoms with E-state index < -0.39 is 5.97 Å². The van der Waals surface area contributed by atoms with Crippen LogP contribution in [0.1, 0.15) is 27.0 Å². The minimum absolute atomic E-state index is 0.176. The molecule has 0 saturated carbocycles. The normalized spacial score (nSPS) is 11.2. The number of aryl methyl sites for hydroxylation is 3. The number of aromatic nitrogens is 3. The van der Waals surface area contributed by atoms with Crippen molar-refractivity contribution in [2.24, 2.45) is 0 Å². The second-order valence-electron chi connectivity index (χ2n) is 6.15. The molecule has 2 aromatic carbocycles. The van der Waals surface area contributed by atoms with Crippen LogP contribution in [0.5, 0.6) is 0 Å². The lowest BCUT2D eigenvalue weighted by molar-refractivity contribution is 0.0696. The average molecular weight is 349 g/mol. The molecule has 0 amide bonds. The quantitative estimate of drug-likeness (QED) is 0.592. The lowest BCUT2D eigenvalue weighted by atomic mass is 10.1. The van der Waals surface area contributed by atoms with Crippen LogP contribution in [0.25, 0.3) is 34.3 Å². The van der Waals surface area contributed by atoms with E-state index in [4.69, 9.17) is 14.0 Å². The fourth-order valence-electron chi connectivity index (χ4n) is 2.82. The molecule has 2 aromatic heterocycles. The number of carboxylic acid groups (broad SMARTS) is 1. The van der Waals surface area contributed by atoms with Crippen molar-refractivity contribution in [3.63, 3.8) is 0 Å². The zero-order chi connectivity index (χ0) is 18.4. The van der Waals surface area contributed by atoms with Crippen molar-refractivity contribution in [3.05, 3.63) is 52.6 Å². The topological polar surface area (TPSA) is 102 Å². The van der Waals surface area contributed by atoms with Gasteiger partial charge in [-0.1, -0.05) is 23.4 Å². The molecule has 2 heterocycles. The SMILES string of the molecule is Cc1cc(-c2noc(-c3nc4c(C)ccc(C)c4o3)n2)ccc1C(=O)O. The average Bonchev–Trinajstić information content (AvgIpc) is 3.25. The molecule has 0 aliphatic rings. The van der Waals surface area contributed by atoms with Crippen LogP contribution in [0.2, 0.25) is 0 Å². The Morgan fingerprint density at radius 2 is 1.73 bits per heavy atom. The number of nitrogens with zero attached hydrogens (tertiary/aromatic N) is 3.